The second-order valence-corrected chi connectivity index (χ2v) is 8.71. The second-order valence-electron chi connectivity index (χ2n) is 7.79. The molecular weight excluding hydrogens is 456 g/mol. The highest BCUT2D eigenvalue weighted by molar-refractivity contribution is 9.10. The lowest BCUT2D eigenvalue weighted by Gasteiger charge is -2.15. The van der Waals surface area contributed by atoms with Crippen LogP contribution in [0.1, 0.15) is 22.9 Å². The number of fused-ring (bicyclic) bond motifs is 3. The van der Waals surface area contributed by atoms with E-state index in [0.717, 1.165) is 27.1 Å². The summed E-state index contributed by atoms with van der Waals surface area (Å²) in [6.07, 6.45) is 0. The smallest absolute Gasteiger partial charge is 0.287 e. The number of para-hydroxylation sites is 2. The van der Waals surface area contributed by atoms with Gasteiger partial charge in [-0.05, 0) is 41.4 Å². The van der Waals surface area contributed by atoms with Crippen molar-refractivity contribution in [2.24, 2.45) is 4.99 Å². The first kappa shape index (κ1) is 18.3. The van der Waals surface area contributed by atoms with E-state index in [1.54, 1.807) is 4.68 Å². The van der Waals surface area contributed by atoms with E-state index in [4.69, 9.17) is 9.52 Å². The Bertz CT molecular complexity index is 1330. The first-order valence-electron chi connectivity index (χ1n) is 10.00. The largest absolute Gasteiger partial charge is 0.539 e. The van der Waals surface area contributed by atoms with Crippen LogP contribution in [0.15, 0.2) is 86.8 Å². The minimum Gasteiger partial charge on any atom is -0.539 e. The summed E-state index contributed by atoms with van der Waals surface area (Å²) in [6.45, 7) is 2.02. The number of benzene rings is 3. The van der Waals surface area contributed by atoms with E-state index in [-0.39, 0.29) is 12.1 Å². The maximum atomic E-state index is 12.8. The summed E-state index contributed by atoms with van der Waals surface area (Å²) in [7, 11) is 0. The maximum Gasteiger partial charge on any atom is 0.287 e. The summed E-state index contributed by atoms with van der Waals surface area (Å²) < 4.78 is 7.69. The van der Waals surface area contributed by atoms with Crippen LogP contribution in [-0.2, 0) is 0 Å². The molecule has 1 saturated heterocycles. The molecule has 0 amide bonds. The summed E-state index contributed by atoms with van der Waals surface area (Å²) in [6, 6.07) is 24.1. The number of hydrogen-bond acceptors (Lipinski definition) is 5. The summed E-state index contributed by atoms with van der Waals surface area (Å²) >= 11 is 3.51. The van der Waals surface area contributed by atoms with Gasteiger partial charge in [-0.1, -0.05) is 57.9 Å². The fourth-order valence-corrected chi connectivity index (χ4v) is 4.57. The van der Waals surface area contributed by atoms with Gasteiger partial charge in [-0.25, -0.2) is 4.99 Å². The Balaban J connectivity index is 1.51. The first-order chi connectivity index (χ1) is 15.1. The number of halogens is 1. The van der Waals surface area contributed by atoms with Gasteiger partial charge in [0.1, 0.15) is 11.8 Å². The normalized spacial score (nSPS) is 18.9. The van der Waals surface area contributed by atoms with E-state index in [0.29, 0.717) is 11.4 Å². The summed E-state index contributed by atoms with van der Waals surface area (Å²) in [5.41, 5.74) is 6.01. The van der Waals surface area contributed by atoms with Crippen molar-refractivity contribution in [2.75, 3.05) is 4.90 Å². The Morgan fingerprint density at radius 1 is 0.968 bits per heavy atom. The molecule has 2 aliphatic heterocycles. The van der Waals surface area contributed by atoms with Gasteiger partial charge >= 0.3 is 0 Å². The maximum absolute atomic E-state index is 12.8. The van der Waals surface area contributed by atoms with E-state index in [1.807, 2.05) is 61.5 Å². The third kappa shape index (κ3) is 2.88. The van der Waals surface area contributed by atoms with Crippen molar-refractivity contribution in [1.82, 2.24) is 5.27 Å². The van der Waals surface area contributed by atoms with Gasteiger partial charge in [-0.15, -0.1) is 0 Å². The molecule has 0 spiro atoms. The number of nitrogens with zero attached hydrogens (tertiary/aromatic N) is 4. The zero-order chi connectivity index (χ0) is 21.1. The van der Waals surface area contributed by atoms with Crippen molar-refractivity contribution in [3.05, 3.63) is 94.1 Å². The van der Waals surface area contributed by atoms with Crippen LogP contribution in [-0.4, -0.2) is 17.0 Å². The first-order valence-corrected chi connectivity index (χ1v) is 10.8. The Morgan fingerprint density at radius 3 is 2.48 bits per heavy atom. The molecule has 1 fully saturated rings. The molecule has 6 nitrogen and oxygen atoms in total. The van der Waals surface area contributed by atoms with Crippen LogP contribution in [0.4, 0.5) is 11.4 Å². The fraction of sp³-hybridized carbons (Fsp3) is 0.125. The van der Waals surface area contributed by atoms with Gasteiger partial charge in [0.2, 0.25) is 5.69 Å². The molecule has 2 atom stereocenters. The van der Waals surface area contributed by atoms with Crippen LogP contribution in [0.5, 0.6) is 5.95 Å². The monoisotopic (exact) mass is 472 g/mol. The molecule has 0 saturated carbocycles. The minimum absolute atomic E-state index is 0.0557. The predicted octanol–water partition coefficient (Wildman–Crippen LogP) is 4.16. The predicted molar refractivity (Wildman–Crippen MR) is 118 cm³/mol. The average molecular weight is 473 g/mol. The lowest BCUT2D eigenvalue weighted by Crippen LogP contribution is -2.41. The van der Waals surface area contributed by atoms with E-state index in [9.17, 15) is 5.11 Å². The average Bonchev–Trinajstić information content (AvgIpc) is 3.42. The Hall–Kier alpha value is -3.45. The summed E-state index contributed by atoms with van der Waals surface area (Å²) in [5.74, 6) is -0.486. The molecule has 0 N–H and O–H groups in total. The van der Waals surface area contributed by atoms with Gasteiger partial charge < -0.3 is 14.5 Å². The van der Waals surface area contributed by atoms with Crippen LogP contribution >= 0.6 is 15.9 Å². The third-order valence-corrected chi connectivity index (χ3v) is 6.36. The van der Waals surface area contributed by atoms with Gasteiger partial charge in [-0.3, -0.25) is 0 Å². The molecule has 0 aliphatic carbocycles. The van der Waals surface area contributed by atoms with Crippen molar-refractivity contribution in [3.63, 3.8) is 0 Å². The Morgan fingerprint density at radius 2 is 1.71 bits per heavy atom. The third-order valence-electron chi connectivity index (χ3n) is 5.83. The van der Waals surface area contributed by atoms with Crippen molar-refractivity contribution in [2.45, 2.75) is 19.0 Å². The molecule has 2 unspecified atom stereocenters. The van der Waals surface area contributed by atoms with Crippen LogP contribution in [0.3, 0.4) is 0 Å². The SMILES string of the molecule is Cc1ccc(-[n+]2noc([O-])c2C2=Nc3ccccc3N3C2C3c2ccc(Br)cc2)cc1. The Labute approximate surface area is 187 Å². The van der Waals surface area contributed by atoms with E-state index < -0.39 is 5.95 Å². The number of aryl methyl sites for hydroxylation is 1. The van der Waals surface area contributed by atoms with Gasteiger partial charge in [0.05, 0.1) is 22.7 Å². The van der Waals surface area contributed by atoms with Gasteiger partial charge in [0.25, 0.3) is 5.69 Å². The molecule has 7 heteroatoms. The zero-order valence-corrected chi connectivity index (χ0v) is 18.2. The minimum atomic E-state index is -0.486. The molecule has 0 bridgehead atoms. The molecule has 0 radical (unpaired) electrons. The summed E-state index contributed by atoms with van der Waals surface area (Å²) in [5, 5.41) is 16.8. The molecule has 3 heterocycles. The molecular formula is C24H17BrN4O2. The molecule has 3 aromatic carbocycles. The van der Waals surface area contributed by atoms with Crippen LogP contribution in [0.2, 0.25) is 0 Å². The highest BCUT2D eigenvalue weighted by Crippen LogP contribution is 2.54. The topological polar surface area (TPSA) is 68.3 Å². The van der Waals surface area contributed by atoms with Crippen LogP contribution in [0.25, 0.3) is 5.69 Å². The van der Waals surface area contributed by atoms with Gasteiger partial charge in [0, 0.05) is 16.6 Å². The standard InChI is InChI=1S/C24H17BrN4O2/c1-14-6-12-17(13-7-14)29-23(24(30)31-27-29)20-22-21(15-8-10-16(25)11-9-15)28(22)19-5-3-2-4-18(19)26-20/h2-13,21-22H,1H3. The molecule has 4 aromatic rings. The van der Waals surface area contributed by atoms with Gasteiger partial charge in [-0.2, -0.15) is 0 Å². The molecule has 152 valence electrons. The molecule has 2 aliphatic rings. The number of rotatable bonds is 3. The highest BCUT2D eigenvalue weighted by atomic mass is 79.9. The molecule has 6 rings (SSSR count). The van der Waals surface area contributed by atoms with E-state index in [1.165, 1.54) is 5.56 Å². The molecule has 31 heavy (non-hydrogen) atoms. The lowest BCUT2D eigenvalue weighted by molar-refractivity contribution is -0.671. The highest BCUT2D eigenvalue weighted by Gasteiger charge is 2.57. The van der Waals surface area contributed by atoms with Crippen molar-refractivity contribution < 1.29 is 14.3 Å². The van der Waals surface area contributed by atoms with Crippen LogP contribution in [0, 0.1) is 6.92 Å². The van der Waals surface area contributed by atoms with E-state index >= 15 is 0 Å². The summed E-state index contributed by atoms with van der Waals surface area (Å²) in [4.78, 5) is 7.21. The fourth-order valence-electron chi connectivity index (χ4n) is 4.30. The number of aromatic nitrogens is 2. The lowest BCUT2D eigenvalue weighted by atomic mass is 10.0. The van der Waals surface area contributed by atoms with Crippen molar-refractivity contribution in [1.29, 1.82) is 0 Å². The molecule has 1 aromatic heterocycles. The van der Waals surface area contributed by atoms with Crippen LogP contribution < -0.4 is 14.7 Å². The second kappa shape index (κ2) is 6.78. The van der Waals surface area contributed by atoms with Crippen molar-refractivity contribution >= 4 is 33.0 Å². The Kier molecular flexibility index (Phi) is 4.01. The number of hydrogen-bond donors (Lipinski definition) is 0. The van der Waals surface area contributed by atoms with Crippen molar-refractivity contribution in [3.8, 4) is 11.6 Å². The zero-order valence-electron chi connectivity index (χ0n) is 16.6. The number of anilines is 1. The number of aliphatic imine (C=N–C) groups is 1. The van der Waals surface area contributed by atoms with E-state index in [2.05, 4.69) is 44.3 Å². The van der Waals surface area contributed by atoms with Gasteiger partial charge in [0.15, 0.2) is 5.95 Å². The quantitative estimate of drug-likeness (QED) is 0.331.